The van der Waals surface area contributed by atoms with E-state index in [0.29, 0.717) is 13.0 Å². The third-order valence-electron chi connectivity index (χ3n) is 2.98. The molecular weight excluding hydrogens is 256 g/mol. The first-order chi connectivity index (χ1) is 8.59. The number of rotatable bonds is 2. The molecule has 0 radical (unpaired) electrons. The normalized spacial score (nSPS) is 19.6. The molecule has 0 aliphatic carbocycles. The van der Waals surface area contributed by atoms with E-state index in [1.807, 2.05) is 0 Å². The highest BCUT2D eigenvalue weighted by atomic mass is 35.5. The number of carboxylic acid groups (broad SMARTS) is 1. The Hall–Kier alpha value is -1.62. The number of aromatic nitrogens is 1. The van der Waals surface area contributed by atoms with E-state index in [9.17, 15) is 9.59 Å². The van der Waals surface area contributed by atoms with Gasteiger partial charge >= 0.3 is 5.97 Å². The molecule has 96 valence electrons. The Bertz CT molecular complexity index is 478. The summed E-state index contributed by atoms with van der Waals surface area (Å²) in [5.41, 5.74) is 0.190. The maximum absolute atomic E-state index is 12.2. The predicted molar refractivity (Wildman–Crippen MR) is 65.6 cm³/mol. The molecule has 5 nitrogen and oxygen atoms in total. The van der Waals surface area contributed by atoms with Gasteiger partial charge in [0, 0.05) is 6.54 Å². The second kappa shape index (κ2) is 5.35. The zero-order chi connectivity index (χ0) is 13.1. The van der Waals surface area contributed by atoms with E-state index in [1.54, 1.807) is 18.2 Å². The van der Waals surface area contributed by atoms with Crippen LogP contribution in [0.2, 0.25) is 5.15 Å². The molecule has 0 aromatic carbocycles. The Morgan fingerprint density at radius 3 is 2.83 bits per heavy atom. The van der Waals surface area contributed by atoms with Crippen molar-refractivity contribution < 1.29 is 14.7 Å². The van der Waals surface area contributed by atoms with Gasteiger partial charge in [0.25, 0.3) is 5.91 Å². The monoisotopic (exact) mass is 268 g/mol. The Balaban J connectivity index is 2.23. The molecule has 1 aliphatic heterocycles. The van der Waals surface area contributed by atoms with E-state index in [4.69, 9.17) is 16.7 Å². The number of amides is 1. The third kappa shape index (κ3) is 2.61. The fourth-order valence-corrected chi connectivity index (χ4v) is 2.27. The first-order valence-corrected chi connectivity index (χ1v) is 6.13. The van der Waals surface area contributed by atoms with E-state index in [0.717, 1.165) is 12.8 Å². The summed E-state index contributed by atoms with van der Waals surface area (Å²) in [6.45, 7) is 0.448. The molecule has 0 saturated carbocycles. The molecule has 1 saturated heterocycles. The van der Waals surface area contributed by atoms with Gasteiger partial charge in [0.15, 0.2) is 0 Å². The highest BCUT2D eigenvalue weighted by Crippen LogP contribution is 2.19. The van der Waals surface area contributed by atoms with Crippen molar-refractivity contribution in [3.63, 3.8) is 0 Å². The Morgan fingerprint density at radius 1 is 1.39 bits per heavy atom. The fraction of sp³-hybridized carbons (Fsp3) is 0.417. The van der Waals surface area contributed by atoms with Crippen LogP contribution >= 0.6 is 11.6 Å². The van der Waals surface area contributed by atoms with E-state index in [1.165, 1.54) is 4.90 Å². The topological polar surface area (TPSA) is 70.5 Å². The van der Waals surface area contributed by atoms with Crippen molar-refractivity contribution in [2.24, 2.45) is 0 Å². The minimum absolute atomic E-state index is 0.190. The number of hydrogen-bond donors (Lipinski definition) is 1. The van der Waals surface area contributed by atoms with E-state index >= 15 is 0 Å². The summed E-state index contributed by atoms with van der Waals surface area (Å²) in [5.74, 6) is -1.34. The van der Waals surface area contributed by atoms with Crippen molar-refractivity contribution in [3.05, 3.63) is 29.0 Å². The number of halogens is 1. The number of nitrogens with zero attached hydrogens (tertiary/aromatic N) is 2. The van der Waals surface area contributed by atoms with Crippen LogP contribution in [0.1, 0.15) is 29.8 Å². The fourth-order valence-electron chi connectivity index (χ4n) is 2.11. The minimum atomic E-state index is -0.968. The molecule has 1 aliphatic rings. The molecule has 1 aromatic heterocycles. The number of pyridine rings is 1. The van der Waals surface area contributed by atoms with Gasteiger partial charge < -0.3 is 10.0 Å². The van der Waals surface area contributed by atoms with Gasteiger partial charge in [-0.2, -0.15) is 0 Å². The summed E-state index contributed by atoms with van der Waals surface area (Å²) in [4.78, 5) is 28.6. The van der Waals surface area contributed by atoms with E-state index in [-0.39, 0.29) is 16.8 Å². The molecule has 2 heterocycles. The molecule has 1 atom stereocenters. The van der Waals surface area contributed by atoms with Gasteiger partial charge in [-0.3, -0.25) is 4.79 Å². The van der Waals surface area contributed by atoms with Gasteiger partial charge in [-0.15, -0.1) is 0 Å². The highest BCUT2D eigenvalue weighted by Gasteiger charge is 2.32. The van der Waals surface area contributed by atoms with E-state index < -0.39 is 12.0 Å². The minimum Gasteiger partial charge on any atom is -0.480 e. The Kier molecular flexibility index (Phi) is 3.81. The van der Waals surface area contributed by atoms with Crippen LogP contribution in [-0.4, -0.2) is 39.5 Å². The molecule has 18 heavy (non-hydrogen) atoms. The summed E-state index contributed by atoms with van der Waals surface area (Å²) >= 11 is 5.73. The lowest BCUT2D eigenvalue weighted by molar-refractivity contribution is -0.143. The lowest BCUT2D eigenvalue weighted by Crippen LogP contribution is -2.48. The van der Waals surface area contributed by atoms with Crippen molar-refractivity contribution in [3.8, 4) is 0 Å². The van der Waals surface area contributed by atoms with Crippen LogP contribution in [0, 0.1) is 0 Å². The van der Waals surface area contributed by atoms with Gasteiger partial charge in [0.1, 0.15) is 16.9 Å². The predicted octanol–water partition coefficient (Wildman–Crippen LogP) is 1.81. The van der Waals surface area contributed by atoms with Gasteiger partial charge in [0.2, 0.25) is 0 Å². The second-order valence-corrected chi connectivity index (χ2v) is 4.58. The van der Waals surface area contributed by atoms with Gasteiger partial charge in [-0.25, -0.2) is 9.78 Å². The summed E-state index contributed by atoms with van der Waals surface area (Å²) in [6.07, 6.45) is 2.13. The largest absolute Gasteiger partial charge is 0.480 e. The quantitative estimate of drug-likeness (QED) is 0.831. The first-order valence-electron chi connectivity index (χ1n) is 5.76. The zero-order valence-corrected chi connectivity index (χ0v) is 10.4. The number of aliphatic carboxylic acids is 1. The second-order valence-electron chi connectivity index (χ2n) is 4.19. The van der Waals surface area contributed by atoms with Crippen molar-refractivity contribution in [2.75, 3.05) is 6.54 Å². The average molecular weight is 269 g/mol. The molecule has 2 rings (SSSR count). The number of carboxylic acids is 1. The number of carbonyl (C=O) groups is 2. The summed E-state index contributed by atoms with van der Waals surface area (Å²) in [6, 6.07) is 3.99. The number of carbonyl (C=O) groups excluding carboxylic acids is 1. The lowest BCUT2D eigenvalue weighted by atomic mass is 10.0. The molecular formula is C12H13ClN2O3. The van der Waals surface area contributed by atoms with Crippen molar-refractivity contribution in [2.45, 2.75) is 25.3 Å². The molecule has 1 aromatic rings. The van der Waals surface area contributed by atoms with Gasteiger partial charge in [0.05, 0.1) is 0 Å². The van der Waals surface area contributed by atoms with E-state index in [2.05, 4.69) is 4.98 Å². The Morgan fingerprint density at radius 2 is 2.17 bits per heavy atom. The molecule has 1 fully saturated rings. The van der Waals surface area contributed by atoms with Gasteiger partial charge in [-0.1, -0.05) is 17.7 Å². The van der Waals surface area contributed by atoms with Crippen LogP contribution in [0.4, 0.5) is 0 Å². The van der Waals surface area contributed by atoms with Gasteiger partial charge in [-0.05, 0) is 31.4 Å². The third-order valence-corrected chi connectivity index (χ3v) is 3.19. The molecule has 1 amide bonds. The molecule has 0 spiro atoms. The number of hydrogen-bond acceptors (Lipinski definition) is 3. The molecule has 0 unspecified atom stereocenters. The zero-order valence-electron chi connectivity index (χ0n) is 9.67. The lowest BCUT2D eigenvalue weighted by Gasteiger charge is -2.32. The molecule has 0 bridgehead atoms. The van der Waals surface area contributed by atoms with Crippen molar-refractivity contribution in [1.29, 1.82) is 0 Å². The highest BCUT2D eigenvalue weighted by molar-refractivity contribution is 6.29. The molecule has 1 N–H and O–H groups in total. The van der Waals surface area contributed by atoms with Crippen molar-refractivity contribution >= 4 is 23.5 Å². The summed E-state index contributed by atoms with van der Waals surface area (Å²) < 4.78 is 0. The smallest absolute Gasteiger partial charge is 0.326 e. The maximum Gasteiger partial charge on any atom is 0.326 e. The molecule has 6 heteroatoms. The first kappa shape index (κ1) is 12.8. The van der Waals surface area contributed by atoms with Crippen LogP contribution in [0.5, 0.6) is 0 Å². The van der Waals surface area contributed by atoms with Crippen LogP contribution in [0.25, 0.3) is 0 Å². The number of piperidine rings is 1. The van der Waals surface area contributed by atoms with Crippen LogP contribution in [0.3, 0.4) is 0 Å². The standard InChI is InChI=1S/C12H13ClN2O3/c13-10-6-3-4-8(14-10)11(16)15-7-2-1-5-9(15)12(17)18/h3-4,6,9H,1-2,5,7H2,(H,17,18)/t9-/m1/s1. The number of likely N-dealkylation sites (tertiary alicyclic amines) is 1. The summed E-state index contributed by atoms with van der Waals surface area (Å²) in [5, 5.41) is 9.35. The SMILES string of the molecule is O=C(O)[C@H]1CCCCN1C(=O)c1cccc(Cl)n1. The van der Waals surface area contributed by atoms with Crippen LogP contribution in [-0.2, 0) is 4.79 Å². The van der Waals surface area contributed by atoms with Crippen LogP contribution in [0.15, 0.2) is 18.2 Å². The average Bonchev–Trinajstić information content (AvgIpc) is 2.38. The summed E-state index contributed by atoms with van der Waals surface area (Å²) in [7, 11) is 0. The van der Waals surface area contributed by atoms with Crippen LogP contribution < -0.4 is 0 Å². The Labute approximate surface area is 109 Å². The maximum atomic E-state index is 12.2. The van der Waals surface area contributed by atoms with Crippen molar-refractivity contribution in [1.82, 2.24) is 9.88 Å².